The number of oxazole rings is 1. The number of fused-ring (bicyclic) bond motifs is 1. The van der Waals surface area contributed by atoms with Crippen molar-refractivity contribution in [3.8, 4) is 0 Å². The second-order valence-corrected chi connectivity index (χ2v) is 4.91. The number of carboxylic acids is 1. The quantitative estimate of drug-likeness (QED) is 0.445. The van der Waals surface area contributed by atoms with E-state index >= 15 is 0 Å². The molecule has 2 aromatic rings. The van der Waals surface area contributed by atoms with Crippen LogP contribution >= 0.6 is 24.2 Å². The van der Waals surface area contributed by atoms with E-state index in [1.807, 2.05) is 0 Å². The number of halogens is 1. The molecule has 1 atom stereocenters. The van der Waals surface area contributed by atoms with Crippen molar-refractivity contribution in [2.45, 2.75) is 4.87 Å². The summed E-state index contributed by atoms with van der Waals surface area (Å²) in [6.07, 6.45) is 0. The van der Waals surface area contributed by atoms with E-state index in [0.717, 1.165) is 0 Å². The molecule has 100 valence electrons. The number of nitrogens with one attached hydrogen (secondary N) is 1. The Morgan fingerprint density at radius 1 is 1.63 bits per heavy atom. The number of thiol groups is 1. The standard InChI is InChI=1S/C10H8ClN3O4S/c11-5-1-2-6-7(3-5)18-9(13-6)14-10(19,4-12-17)8(15)16/h1-3,19H,4H2,(H,13,14)(H,15,16). The number of aromatic nitrogens is 1. The van der Waals surface area contributed by atoms with E-state index in [1.165, 1.54) is 6.07 Å². The zero-order valence-corrected chi connectivity index (χ0v) is 11.0. The van der Waals surface area contributed by atoms with Gasteiger partial charge in [-0.2, -0.15) is 9.89 Å². The van der Waals surface area contributed by atoms with E-state index in [9.17, 15) is 9.70 Å². The minimum Gasteiger partial charge on any atom is -0.479 e. The summed E-state index contributed by atoms with van der Waals surface area (Å²) in [5.41, 5.74) is 0.877. The molecule has 0 bridgehead atoms. The van der Waals surface area contributed by atoms with Crippen molar-refractivity contribution in [2.75, 3.05) is 11.9 Å². The van der Waals surface area contributed by atoms with Gasteiger partial charge < -0.3 is 14.8 Å². The van der Waals surface area contributed by atoms with E-state index in [1.54, 1.807) is 12.1 Å². The summed E-state index contributed by atoms with van der Waals surface area (Å²) in [7, 11) is 0. The van der Waals surface area contributed by atoms with Gasteiger partial charge in [-0.1, -0.05) is 16.8 Å². The largest absolute Gasteiger partial charge is 0.479 e. The van der Waals surface area contributed by atoms with Crippen LogP contribution in [0.25, 0.3) is 11.1 Å². The second kappa shape index (κ2) is 5.06. The highest BCUT2D eigenvalue weighted by Gasteiger charge is 2.36. The number of carbonyl (C=O) groups is 1. The average Bonchev–Trinajstić information content (AvgIpc) is 2.70. The van der Waals surface area contributed by atoms with Crippen molar-refractivity contribution in [1.82, 2.24) is 4.98 Å². The van der Waals surface area contributed by atoms with E-state index in [0.29, 0.717) is 16.1 Å². The van der Waals surface area contributed by atoms with Gasteiger partial charge in [-0.25, -0.2) is 4.79 Å². The third-order valence-electron chi connectivity index (χ3n) is 2.31. The predicted octanol–water partition coefficient (Wildman–Crippen LogP) is 2.37. The lowest BCUT2D eigenvalue weighted by Gasteiger charge is -2.20. The Morgan fingerprint density at radius 3 is 3.00 bits per heavy atom. The lowest BCUT2D eigenvalue weighted by atomic mass is 10.3. The Bertz CT molecular complexity index is 647. The van der Waals surface area contributed by atoms with Gasteiger partial charge in [0.2, 0.25) is 4.87 Å². The van der Waals surface area contributed by atoms with E-state index in [-0.39, 0.29) is 6.01 Å². The van der Waals surface area contributed by atoms with Crippen LogP contribution in [0, 0.1) is 4.91 Å². The zero-order valence-electron chi connectivity index (χ0n) is 9.33. The molecule has 0 radical (unpaired) electrons. The zero-order chi connectivity index (χ0) is 14.0. The van der Waals surface area contributed by atoms with Crippen molar-refractivity contribution in [1.29, 1.82) is 0 Å². The first kappa shape index (κ1) is 13.6. The number of hydrogen-bond acceptors (Lipinski definition) is 7. The molecule has 0 fully saturated rings. The highest BCUT2D eigenvalue weighted by Crippen LogP contribution is 2.26. The Labute approximate surface area is 117 Å². The third-order valence-corrected chi connectivity index (χ3v) is 2.99. The number of hydrogen-bond donors (Lipinski definition) is 3. The van der Waals surface area contributed by atoms with Crippen molar-refractivity contribution in [2.24, 2.45) is 5.18 Å². The number of aliphatic carboxylic acids is 1. The average molecular weight is 302 g/mol. The van der Waals surface area contributed by atoms with Crippen LogP contribution in [0.3, 0.4) is 0 Å². The monoisotopic (exact) mass is 301 g/mol. The molecule has 1 aromatic carbocycles. The summed E-state index contributed by atoms with van der Waals surface area (Å²) >= 11 is 9.66. The molecule has 19 heavy (non-hydrogen) atoms. The SMILES string of the molecule is O=NCC(S)(Nc1nc2ccc(Cl)cc2o1)C(=O)O. The van der Waals surface area contributed by atoms with Crippen LogP contribution in [0.15, 0.2) is 27.8 Å². The highest BCUT2D eigenvalue weighted by molar-refractivity contribution is 7.82. The number of carboxylic acid groups (broad SMARTS) is 1. The molecule has 2 N–H and O–H groups in total. The summed E-state index contributed by atoms with van der Waals surface area (Å²) < 4.78 is 5.28. The van der Waals surface area contributed by atoms with Gasteiger partial charge in [0.25, 0.3) is 6.01 Å². The molecule has 0 spiro atoms. The van der Waals surface area contributed by atoms with E-state index in [2.05, 4.69) is 28.1 Å². The molecule has 0 aliphatic heterocycles. The number of rotatable bonds is 5. The van der Waals surface area contributed by atoms with Gasteiger partial charge in [0.1, 0.15) is 12.1 Å². The molecular weight excluding hydrogens is 294 g/mol. The Kier molecular flexibility index (Phi) is 3.63. The van der Waals surface area contributed by atoms with Gasteiger partial charge in [-0.3, -0.25) is 0 Å². The van der Waals surface area contributed by atoms with Crippen molar-refractivity contribution in [3.05, 3.63) is 28.1 Å². The Balaban J connectivity index is 2.34. The van der Waals surface area contributed by atoms with Gasteiger partial charge in [0.15, 0.2) is 5.58 Å². The number of anilines is 1. The fraction of sp³-hybridized carbons (Fsp3) is 0.200. The first-order chi connectivity index (χ1) is 8.94. The fourth-order valence-electron chi connectivity index (χ4n) is 1.38. The summed E-state index contributed by atoms with van der Waals surface area (Å²) in [6.45, 7) is -0.592. The van der Waals surface area contributed by atoms with E-state index in [4.69, 9.17) is 21.1 Å². The maximum absolute atomic E-state index is 11.1. The lowest BCUT2D eigenvalue weighted by molar-refractivity contribution is -0.138. The summed E-state index contributed by atoms with van der Waals surface area (Å²) in [5.74, 6) is -1.37. The minimum atomic E-state index is -1.88. The number of nitroso groups, excluding NO2 is 1. The lowest BCUT2D eigenvalue weighted by Crippen LogP contribution is -2.43. The van der Waals surface area contributed by atoms with Gasteiger partial charge >= 0.3 is 5.97 Å². The first-order valence-corrected chi connectivity index (χ1v) is 5.86. The molecule has 1 aromatic heterocycles. The highest BCUT2D eigenvalue weighted by atomic mass is 35.5. The molecule has 0 saturated carbocycles. The molecule has 7 nitrogen and oxygen atoms in total. The van der Waals surface area contributed by atoms with Crippen LogP contribution < -0.4 is 5.32 Å². The van der Waals surface area contributed by atoms with Gasteiger partial charge in [-0.15, -0.1) is 12.6 Å². The number of nitrogens with zero attached hydrogens (tertiary/aromatic N) is 2. The van der Waals surface area contributed by atoms with Gasteiger partial charge in [0, 0.05) is 11.1 Å². The molecule has 1 heterocycles. The first-order valence-electron chi connectivity index (χ1n) is 5.04. The summed E-state index contributed by atoms with van der Waals surface area (Å²) in [4.78, 5) is 23.4. The topological polar surface area (TPSA) is 105 Å². The molecule has 0 aliphatic carbocycles. The molecular formula is C10H8ClN3O4S. The maximum atomic E-state index is 11.1. The summed E-state index contributed by atoms with van der Waals surface area (Å²) in [5, 5.41) is 14.4. The van der Waals surface area contributed by atoms with Crippen molar-refractivity contribution >= 4 is 47.3 Å². The molecule has 0 amide bonds. The second-order valence-electron chi connectivity index (χ2n) is 3.71. The van der Waals surface area contributed by atoms with Gasteiger partial charge in [0.05, 0.1) is 0 Å². The molecule has 0 saturated heterocycles. The maximum Gasteiger partial charge on any atom is 0.342 e. The fourth-order valence-corrected chi connectivity index (χ4v) is 1.70. The van der Waals surface area contributed by atoms with Crippen LogP contribution in [0.1, 0.15) is 0 Å². The third kappa shape index (κ3) is 2.79. The predicted molar refractivity (Wildman–Crippen MR) is 72.7 cm³/mol. The Hall–Kier alpha value is -1.80. The van der Waals surface area contributed by atoms with Crippen LogP contribution in [-0.4, -0.2) is 27.5 Å². The van der Waals surface area contributed by atoms with Crippen LogP contribution in [0.5, 0.6) is 0 Å². The van der Waals surface area contributed by atoms with Crippen LogP contribution in [0.2, 0.25) is 5.02 Å². The minimum absolute atomic E-state index is 0.0849. The normalized spacial score (nSPS) is 14.0. The molecule has 9 heteroatoms. The summed E-state index contributed by atoms with van der Waals surface area (Å²) in [6, 6.07) is 4.69. The Morgan fingerprint density at radius 2 is 2.37 bits per heavy atom. The van der Waals surface area contributed by atoms with Crippen molar-refractivity contribution in [3.63, 3.8) is 0 Å². The number of benzene rings is 1. The molecule has 0 aliphatic rings. The van der Waals surface area contributed by atoms with Crippen LogP contribution in [0.4, 0.5) is 6.01 Å². The van der Waals surface area contributed by atoms with Crippen molar-refractivity contribution < 1.29 is 14.3 Å². The smallest absolute Gasteiger partial charge is 0.342 e. The molecule has 1 unspecified atom stereocenters. The van der Waals surface area contributed by atoms with Gasteiger partial charge in [-0.05, 0) is 12.1 Å². The van der Waals surface area contributed by atoms with Crippen LogP contribution in [-0.2, 0) is 4.79 Å². The molecule has 2 rings (SSSR count). The van der Waals surface area contributed by atoms with E-state index < -0.39 is 17.4 Å².